The van der Waals surface area contributed by atoms with Gasteiger partial charge >= 0.3 is 0 Å². The summed E-state index contributed by atoms with van der Waals surface area (Å²) in [5.41, 5.74) is 1.33. The van der Waals surface area contributed by atoms with E-state index in [-0.39, 0.29) is 47.9 Å². The predicted octanol–water partition coefficient (Wildman–Crippen LogP) is 2.79. The van der Waals surface area contributed by atoms with Crippen LogP contribution >= 0.6 is 0 Å². The Morgan fingerprint density at radius 1 is 1.00 bits per heavy atom. The molecule has 4 rings (SSSR count). The van der Waals surface area contributed by atoms with Crippen molar-refractivity contribution in [1.82, 2.24) is 10.2 Å². The smallest absolute Gasteiger partial charge is 0.233 e. The van der Waals surface area contributed by atoms with Crippen molar-refractivity contribution >= 4 is 17.7 Å². The van der Waals surface area contributed by atoms with Gasteiger partial charge in [-0.1, -0.05) is 49.6 Å². The number of rotatable bonds is 6. The number of hydrogen-bond acceptors (Lipinski definition) is 3. The summed E-state index contributed by atoms with van der Waals surface area (Å²) >= 11 is 0. The second kappa shape index (κ2) is 7.45. The fourth-order valence-electron chi connectivity index (χ4n) is 4.98. The molecule has 0 radical (unpaired) electrons. The zero-order chi connectivity index (χ0) is 18.9. The first-order valence-electron chi connectivity index (χ1n) is 10.3. The van der Waals surface area contributed by atoms with Gasteiger partial charge in [0.2, 0.25) is 17.7 Å². The van der Waals surface area contributed by atoms with Gasteiger partial charge in [0.25, 0.3) is 0 Å². The molecule has 1 saturated heterocycles. The number of amides is 3. The molecular formula is C22H28N2O3. The van der Waals surface area contributed by atoms with E-state index in [0.717, 1.165) is 38.5 Å². The number of benzene rings is 1. The van der Waals surface area contributed by atoms with Crippen molar-refractivity contribution in [3.8, 4) is 0 Å². The third-order valence-corrected chi connectivity index (χ3v) is 6.82. The van der Waals surface area contributed by atoms with E-state index in [4.69, 9.17) is 0 Å². The molecule has 0 unspecified atom stereocenters. The molecule has 1 aliphatic heterocycles. The van der Waals surface area contributed by atoms with E-state index in [1.165, 1.54) is 16.9 Å². The zero-order valence-corrected chi connectivity index (χ0v) is 15.8. The van der Waals surface area contributed by atoms with Crippen molar-refractivity contribution in [3.05, 3.63) is 35.9 Å². The summed E-state index contributed by atoms with van der Waals surface area (Å²) in [6.07, 6.45) is 7.24. The van der Waals surface area contributed by atoms with Crippen LogP contribution in [-0.4, -0.2) is 35.7 Å². The summed E-state index contributed by atoms with van der Waals surface area (Å²) in [6, 6.07) is 10.4. The van der Waals surface area contributed by atoms with Crippen LogP contribution in [0, 0.1) is 11.8 Å². The lowest BCUT2D eigenvalue weighted by Crippen LogP contribution is -2.46. The third kappa shape index (κ3) is 3.40. The summed E-state index contributed by atoms with van der Waals surface area (Å²) in [4.78, 5) is 38.7. The van der Waals surface area contributed by atoms with E-state index in [2.05, 4.69) is 17.4 Å². The molecule has 0 spiro atoms. The Balaban J connectivity index is 1.30. The highest BCUT2D eigenvalue weighted by atomic mass is 16.2. The summed E-state index contributed by atoms with van der Waals surface area (Å²) in [5, 5.41) is 3.05. The molecular weight excluding hydrogens is 340 g/mol. The molecule has 1 aromatic carbocycles. The standard InChI is InChI=1S/C22H28N2O3/c25-19(23-15-22(12-6-13-22)16-7-2-1-3-8-16)11-14-24-20(26)17-9-4-5-10-18(17)21(24)27/h1-3,7-8,17-18H,4-6,9-15H2,(H,23,25)/t17-,18+. The number of imide groups is 1. The van der Waals surface area contributed by atoms with Crippen LogP contribution in [0.2, 0.25) is 0 Å². The van der Waals surface area contributed by atoms with Gasteiger partial charge in [0.05, 0.1) is 11.8 Å². The van der Waals surface area contributed by atoms with E-state index < -0.39 is 0 Å². The van der Waals surface area contributed by atoms with Crippen LogP contribution in [0.15, 0.2) is 30.3 Å². The first-order chi connectivity index (χ1) is 13.1. The highest BCUT2D eigenvalue weighted by molar-refractivity contribution is 6.05. The van der Waals surface area contributed by atoms with Gasteiger partial charge in [-0.05, 0) is 31.2 Å². The fraction of sp³-hybridized carbons (Fsp3) is 0.591. The van der Waals surface area contributed by atoms with E-state index in [1.54, 1.807) is 0 Å². The lowest BCUT2D eigenvalue weighted by molar-refractivity contribution is -0.140. The Morgan fingerprint density at radius 2 is 1.63 bits per heavy atom. The molecule has 1 aromatic rings. The fourth-order valence-corrected chi connectivity index (χ4v) is 4.98. The molecule has 0 bridgehead atoms. The van der Waals surface area contributed by atoms with Gasteiger partial charge in [-0.3, -0.25) is 19.3 Å². The van der Waals surface area contributed by atoms with Gasteiger partial charge in [-0.2, -0.15) is 0 Å². The average Bonchev–Trinajstić information content (AvgIpc) is 2.91. The van der Waals surface area contributed by atoms with Crippen molar-refractivity contribution in [1.29, 1.82) is 0 Å². The SMILES string of the molecule is O=C(CCN1C(=O)[C@H]2CCCC[C@H]2C1=O)NCC1(c2ccccc2)CCC1. The molecule has 1 N–H and O–H groups in total. The van der Waals surface area contributed by atoms with Gasteiger partial charge < -0.3 is 5.32 Å². The van der Waals surface area contributed by atoms with E-state index >= 15 is 0 Å². The van der Waals surface area contributed by atoms with E-state index in [1.807, 2.05) is 18.2 Å². The molecule has 3 aliphatic rings. The molecule has 1 heterocycles. The quantitative estimate of drug-likeness (QED) is 0.785. The molecule has 2 atom stereocenters. The number of carbonyl (C=O) groups excluding carboxylic acids is 3. The topological polar surface area (TPSA) is 66.5 Å². The van der Waals surface area contributed by atoms with Crippen molar-refractivity contribution in [2.24, 2.45) is 11.8 Å². The molecule has 2 saturated carbocycles. The number of hydrogen-bond donors (Lipinski definition) is 1. The number of fused-ring (bicyclic) bond motifs is 1. The molecule has 5 nitrogen and oxygen atoms in total. The molecule has 3 fully saturated rings. The minimum Gasteiger partial charge on any atom is -0.355 e. The van der Waals surface area contributed by atoms with Crippen LogP contribution in [0.25, 0.3) is 0 Å². The van der Waals surface area contributed by atoms with Gasteiger partial charge in [0.15, 0.2) is 0 Å². The summed E-state index contributed by atoms with van der Waals surface area (Å²) < 4.78 is 0. The maximum atomic E-state index is 12.5. The van der Waals surface area contributed by atoms with Crippen molar-refractivity contribution < 1.29 is 14.4 Å². The van der Waals surface area contributed by atoms with Crippen molar-refractivity contribution in [3.63, 3.8) is 0 Å². The largest absolute Gasteiger partial charge is 0.355 e. The zero-order valence-electron chi connectivity index (χ0n) is 15.8. The number of carbonyl (C=O) groups is 3. The Labute approximate surface area is 160 Å². The summed E-state index contributed by atoms with van der Waals surface area (Å²) in [5.74, 6) is -0.460. The maximum absolute atomic E-state index is 12.5. The molecule has 27 heavy (non-hydrogen) atoms. The second-order valence-electron chi connectivity index (χ2n) is 8.35. The first-order valence-corrected chi connectivity index (χ1v) is 10.3. The Bertz CT molecular complexity index is 702. The lowest BCUT2D eigenvalue weighted by atomic mass is 9.64. The van der Waals surface area contributed by atoms with Crippen molar-refractivity contribution in [2.45, 2.75) is 56.8 Å². The first kappa shape index (κ1) is 18.2. The van der Waals surface area contributed by atoms with Gasteiger partial charge in [0, 0.05) is 24.9 Å². The van der Waals surface area contributed by atoms with Crippen LogP contribution in [0.5, 0.6) is 0 Å². The minimum absolute atomic E-state index is 0.0468. The number of nitrogens with one attached hydrogen (secondary N) is 1. The molecule has 5 heteroatoms. The van der Waals surface area contributed by atoms with Crippen molar-refractivity contribution in [2.75, 3.05) is 13.1 Å². The maximum Gasteiger partial charge on any atom is 0.233 e. The van der Waals surface area contributed by atoms with Crippen LogP contribution < -0.4 is 5.32 Å². The van der Waals surface area contributed by atoms with Gasteiger partial charge in [0.1, 0.15) is 0 Å². The minimum atomic E-state index is -0.134. The molecule has 2 aliphatic carbocycles. The molecule has 0 aromatic heterocycles. The molecule has 144 valence electrons. The predicted molar refractivity (Wildman–Crippen MR) is 102 cm³/mol. The Hall–Kier alpha value is -2.17. The van der Waals surface area contributed by atoms with Crippen LogP contribution in [0.4, 0.5) is 0 Å². The highest BCUT2D eigenvalue weighted by Gasteiger charge is 2.47. The normalized spacial score (nSPS) is 26.4. The van der Waals surface area contributed by atoms with Gasteiger partial charge in [-0.25, -0.2) is 0 Å². The number of nitrogens with zero attached hydrogens (tertiary/aromatic N) is 1. The van der Waals surface area contributed by atoms with E-state index in [0.29, 0.717) is 6.54 Å². The lowest BCUT2D eigenvalue weighted by Gasteiger charge is -2.42. The Morgan fingerprint density at radius 3 is 2.19 bits per heavy atom. The summed E-state index contributed by atoms with van der Waals surface area (Å²) in [7, 11) is 0. The average molecular weight is 368 g/mol. The van der Waals surface area contributed by atoms with Gasteiger partial charge in [-0.15, -0.1) is 0 Å². The van der Waals surface area contributed by atoms with Crippen LogP contribution in [0.1, 0.15) is 56.9 Å². The molecule has 3 amide bonds. The Kier molecular flexibility index (Phi) is 5.02. The number of likely N-dealkylation sites (tertiary alicyclic amines) is 1. The van der Waals surface area contributed by atoms with Crippen LogP contribution in [-0.2, 0) is 19.8 Å². The highest BCUT2D eigenvalue weighted by Crippen LogP contribution is 2.43. The monoisotopic (exact) mass is 368 g/mol. The third-order valence-electron chi connectivity index (χ3n) is 6.82. The summed E-state index contributed by atoms with van der Waals surface area (Å²) in [6.45, 7) is 0.845. The van der Waals surface area contributed by atoms with Crippen LogP contribution in [0.3, 0.4) is 0 Å². The van der Waals surface area contributed by atoms with E-state index in [9.17, 15) is 14.4 Å². The second-order valence-corrected chi connectivity index (χ2v) is 8.35.